The van der Waals surface area contributed by atoms with Crippen LogP contribution in [0.25, 0.3) is 0 Å². The molecule has 46 heavy (non-hydrogen) atoms. The van der Waals surface area contributed by atoms with Crippen LogP contribution in [0.4, 0.5) is 21.5 Å². The number of pyridine rings is 1. The number of nitrogens with zero attached hydrogens (tertiary/aromatic N) is 4. The summed E-state index contributed by atoms with van der Waals surface area (Å²) in [6, 6.07) is 25.0. The molecule has 0 spiro atoms. The van der Waals surface area contributed by atoms with E-state index >= 15 is 0 Å². The number of halogens is 1. The lowest BCUT2D eigenvalue weighted by Gasteiger charge is -2.44. The molecule has 2 saturated heterocycles. The van der Waals surface area contributed by atoms with Crippen LogP contribution in [0.2, 0.25) is 0 Å². The third-order valence-corrected chi connectivity index (χ3v) is 9.67. The molecular formula is C37H38FN5O3. The number of hydrogen-bond donors (Lipinski definition) is 1. The van der Waals surface area contributed by atoms with Gasteiger partial charge in [-0.3, -0.25) is 14.4 Å². The highest BCUT2D eigenvalue weighted by atomic mass is 19.1. The third kappa shape index (κ3) is 5.77. The van der Waals surface area contributed by atoms with Gasteiger partial charge in [-0.2, -0.15) is 0 Å². The lowest BCUT2D eigenvalue weighted by molar-refractivity contribution is 0.0726. The van der Waals surface area contributed by atoms with Crippen LogP contribution in [-0.2, 0) is 6.54 Å². The van der Waals surface area contributed by atoms with E-state index in [-0.39, 0.29) is 35.3 Å². The number of amides is 2. The minimum atomic E-state index is -0.416. The summed E-state index contributed by atoms with van der Waals surface area (Å²) in [5, 5.41) is 3.04. The maximum Gasteiger partial charge on any atom is 0.255 e. The number of piperazine rings is 1. The van der Waals surface area contributed by atoms with Crippen molar-refractivity contribution in [1.82, 2.24) is 9.47 Å². The summed E-state index contributed by atoms with van der Waals surface area (Å²) in [6.45, 7) is 8.18. The predicted octanol–water partition coefficient (Wildman–Crippen LogP) is 5.52. The molecule has 0 aliphatic carbocycles. The molecule has 7 rings (SSSR count). The summed E-state index contributed by atoms with van der Waals surface area (Å²) in [7, 11) is 0. The van der Waals surface area contributed by atoms with Gasteiger partial charge in [-0.1, -0.05) is 18.2 Å². The fraction of sp³-hybridized carbons (Fsp3) is 0.324. The summed E-state index contributed by atoms with van der Waals surface area (Å²) < 4.78 is 15.5. The molecule has 3 aromatic carbocycles. The van der Waals surface area contributed by atoms with Crippen LogP contribution in [0.3, 0.4) is 0 Å². The third-order valence-electron chi connectivity index (χ3n) is 9.67. The van der Waals surface area contributed by atoms with Gasteiger partial charge in [-0.05, 0) is 92.4 Å². The van der Waals surface area contributed by atoms with Crippen LogP contribution in [-0.4, -0.2) is 60.0 Å². The molecule has 9 heteroatoms. The van der Waals surface area contributed by atoms with Crippen molar-refractivity contribution in [3.8, 4) is 0 Å². The van der Waals surface area contributed by atoms with Crippen LogP contribution in [0.5, 0.6) is 0 Å². The number of anilines is 3. The summed E-state index contributed by atoms with van der Waals surface area (Å²) in [4.78, 5) is 46.4. The Hall–Kier alpha value is -4.92. The van der Waals surface area contributed by atoms with Gasteiger partial charge in [0.25, 0.3) is 17.4 Å². The number of aromatic nitrogens is 1. The number of carbonyl (C=O) groups is 2. The van der Waals surface area contributed by atoms with Crippen molar-refractivity contribution in [2.45, 2.75) is 38.8 Å². The molecule has 3 aliphatic rings. The van der Waals surface area contributed by atoms with E-state index in [9.17, 15) is 18.8 Å². The van der Waals surface area contributed by atoms with E-state index in [0.717, 1.165) is 36.6 Å². The Balaban J connectivity index is 1.16. The van der Waals surface area contributed by atoms with Crippen LogP contribution >= 0.6 is 0 Å². The molecule has 3 atom stereocenters. The Morgan fingerprint density at radius 2 is 1.63 bits per heavy atom. The van der Waals surface area contributed by atoms with Crippen molar-refractivity contribution in [3.63, 3.8) is 0 Å². The van der Waals surface area contributed by atoms with Crippen molar-refractivity contribution in [2.24, 2.45) is 5.92 Å². The zero-order valence-corrected chi connectivity index (χ0v) is 26.2. The number of rotatable bonds is 5. The van der Waals surface area contributed by atoms with Crippen LogP contribution in [0.15, 0.2) is 89.7 Å². The fourth-order valence-electron chi connectivity index (χ4n) is 7.45. The van der Waals surface area contributed by atoms with Crippen molar-refractivity contribution in [3.05, 3.63) is 123 Å². The smallest absolute Gasteiger partial charge is 0.255 e. The average molecular weight is 620 g/mol. The number of aryl methyl sites for hydroxylation is 1. The number of carbonyl (C=O) groups excluding carboxylic acids is 2. The van der Waals surface area contributed by atoms with Gasteiger partial charge in [-0.15, -0.1) is 0 Å². The second-order valence-electron chi connectivity index (χ2n) is 12.9. The monoisotopic (exact) mass is 619 g/mol. The Morgan fingerprint density at radius 1 is 0.848 bits per heavy atom. The number of piperidine rings is 1. The predicted molar refractivity (Wildman–Crippen MR) is 178 cm³/mol. The van der Waals surface area contributed by atoms with Crippen LogP contribution < -0.4 is 20.7 Å². The molecule has 2 bridgehead atoms. The first-order chi connectivity index (χ1) is 22.2. The van der Waals surface area contributed by atoms with Gasteiger partial charge in [0, 0.05) is 79.8 Å². The van der Waals surface area contributed by atoms with E-state index < -0.39 is 5.82 Å². The van der Waals surface area contributed by atoms with Gasteiger partial charge in [-0.25, -0.2) is 4.39 Å². The molecule has 8 nitrogen and oxygen atoms in total. The standard InChI is InChI=1S/C37H38FN5O3/c1-24-5-3-6-31(17-24)42-16-15-40(20-25(42)2)37(46)28-11-14-34(32(19-28)39-36(45)27-9-12-30(38)13-10-27)41-21-26-18-29(23-41)33-7-4-8-35(44)43(33)22-26/h3-14,17,19,25-26,29H,15-16,18,20-23H2,1-2H3,(H,39,45). The lowest BCUT2D eigenvalue weighted by atomic mass is 9.83. The molecule has 0 saturated carbocycles. The summed E-state index contributed by atoms with van der Waals surface area (Å²) in [5.74, 6) is -0.418. The Kier molecular flexibility index (Phi) is 7.84. The van der Waals surface area contributed by atoms with E-state index in [0.29, 0.717) is 43.0 Å². The normalized spacial score (nSPS) is 20.7. The van der Waals surface area contributed by atoms with E-state index in [4.69, 9.17) is 0 Å². The van der Waals surface area contributed by atoms with Gasteiger partial charge in [0.05, 0.1) is 11.4 Å². The molecule has 0 radical (unpaired) electrons. The highest BCUT2D eigenvalue weighted by Gasteiger charge is 2.36. The van der Waals surface area contributed by atoms with Gasteiger partial charge in [0.15, 0.2) is 0 Å². The second-order valence-corrected chi connectivity index (χ2v) is 12.9. The number of benzene rings is 3. The molecule has 236 valence electrons. The van der Waals surface area contributed by atoms with Gasteiger partial charge >= 0.3 is 0 Å². The molecule has 2 amide bonds. The molecule has 4 heterocycles. The summed E-state index contributed by atoms with van der Waals surface area (Å²) in [5.41, 5.74) is 5.63. The van der Waals surface area contributed by atoms with Crippen molar-refractivity contribution >= 4 is 28.9 Å². The van der Waals surface area contributed by atoms with Crippen LogP contribution in [0.1, 0.15) is 51.2 Å². The molecule has 1 aromatic heterocycles. The number of fused-ring (bicyclic) bond motifs is 4. The highest BCUT2D eigenvalue weighted by molar-refractivity contribution is 6.07. The van der Waals surface area contributed by atoms with Crippen molar-refractivity contribution in [2.75, 3.05) is 47.8 Å². The quantitative estimate of drug-likeness (QED) is 0.318. The Morgan fingerprint density at radius 3 is 2.41 bits per heavy atom. The van der Waals surface area contributed by atoms with E-state index in [1.807, 2.05) is 33.7 Å². The van der Waals surface area contributed by atoms with Crippen molar-refractivity contribution < 1.29 is 14.0 Å². The van der Waals surface area contributed by atoms with Gasteiger partial charge < -0.3 is 24.6 Å². The zero-order chi connectivity index (χ0) is 31.9. The van der Waals surface area contributed by atoms with E-state index in [1.54, 1.807) is 12.1 Å². The average Bonchev–Trinajstić information content (AvgIpc) is 3.05. The minimum Gasteiger partial charge on any atom is -0.369 e. The topological polar surface area (TPSA) is 77.9 Å². The minimum absolute atomic E-state index is 0.0322. The molecule has 1 N–H and O–H groups in total. The largest absolute Gasteiger partial charge is 0.369 e. The molecule has 2 fully saturated rings. The first-order valence-electron chi connectivity index (χ1n) is 16.0. The second kappa shape index (κ2) is 12.1. The summed E-state index contributed by atoms with van der Waals surface area (Å²) in [6.07, 6.45) is 1.00. The Labute approximate surface area is 268 Å². The molecular weight excluding hydrogens is 581 g/mol. The number of hydrogen-bond acceptors (Lipinski definition) is 5. The first kappa shape index (κ1) is 29.8. The van der Waals surface area contributed by atoms with Gasteiger partial charge in [0.1, 0.15) is 5.82 Å². The van der Waals surface area contributed by atoms with E-state index in [1.165, 1.54) is 29.8 Å². The maximum atomic E-state index is 13.9. The van der Waals surface area contributed by atoms with Crippen molar-refractivity contribution in [1.29, 1.82) is 0 Å². The summed E-state index contributed by atoms with van der Waals surface area (Å²) >= 11 is 0. The maximum absolute atomic E-state index is 13.9. The first-order valence-corrected chi connectivity index (χ1v) is 16.0. The lowest BCUT2D eigenvalue weighted by Crippen LogP contribution is -2.53. The zero-order valence-electron chi connectivity index (χ0n) is 26.2. The highest BCUT2D eigenvalue weighted by Crippen LogP contribution is 2.39. The van der Waals surface area contributed by atoms with E-state index in [2.05, 4.69) is 53.2 Å². The Bertz CT molecular complexity index is 1850. The molecule has 4 aromatic rings. The molecule has 3 aliphatic heterocycles. The molecule has 3 unspecified atom stereocenters. The number of nitrogens with one attached hydrogen (secondary N) is 1. The van der Waals surface area contributed by atoms with Gasteiger partial charge in [0.2, 0.25) is 0 Å². The SMILES string of the molecule is Cc1cccc(N2CCN(C(=O)c3ccc(N4CC5CC(C4)c4cccc(=O)n4C5)c(NC(=O)c4ccc(F)cc4)c3)CC2C)c1. The fourth-order valence-corrected chi connectivity index (χ4v) is 7.45. The van der Waals surface area contributed by atoms with Crippen LogP contribution in [0, 0.1) is 18.7 Å².